The first kappa shape index (κ1) is 20.0. The van der Waals surface area contributed by atoms with E-state index in [1.165, 1.54) is 12.1 Å². The van der Waals surface area contributed by atoms with Crippen molar-refractivity contribution in [3.05, 3.63) is 65.2 Å². The van der Waals surface area contributed by atoms with Crippen molar-refractivity contribution >= 4 is 33.7 Å². The molecule has 0 atom stereocenters. The van der Waals surface area contributed by atoms with E-state index in [1.807, 2.05) is 0 Å². The van der Waals surface area contributed by atoms with Gasteiger partial charge in [-0.1, -0.05) is 42.5 Å². The monoisotopic (exact) mass is 395 g/mol. The summed E-state index contributed by atoms with van der Waals surface area (Å²) in [7, 11) is -3.72. The molecule has 26 heavy (non-hydrogen) atoms. The highest BCUT2D eigenvalue weighted by Crippen LogP contribution is 2.21. The van der Waals surface area contributed by atoms with Crippen molar-refractivity contribution in [2.75, 3.05) is 13.2 Å². The molecule has 2 aromatic rings. The fraction of sp³-hybridized carbons (Fsp3) is 0.167. The van der Waals surface area contributed by atoms with Crippen molar-refractivity contribution < 1.29 is 23.1 Å². The van der Waals surface area contributed by atoms with Crippen LogP contribution >= 0.6 is 11.6 Å². The number of sulfonamides is 1. The van der Waals surface area contributed by atoms with E-state index < -0.39 is 22.6 Å². The largest absolute Gasteiger partial charge is 0.482 e. The SMILES string of the molecule is C=Cc1ccc(Cl)cc1S(=O)(=O)NCCc1ccc(OCC(=O)O)cc1. The second kappa shape index (κ2) is 8.84. The second-order valence-corrected chi connectivity index (χ2v) is 7.53. The maximum absolute atomic E-state index is 12.5. The number of benzene rings is 2. The fourth-order valence-electron chi connectivity index (χ4n) is 2.21. The number of carbonyl (C=O) groups is 1. The van der Waals surface area contributed by atoms with Crippen LogP contribution in [0.25, 0.3) is 6.08 Å². The standard InChI is InChI=1S/C18H18ClNO5S/c1-2-14-5-6-15(19)11-17(14)26(23,24)20-10-9-13-3-7-16(8-4-13)25-12-18(21)22/h2-8,11,20H,1,9-10,12H2,(H,21,22). The Morgan fingerprint density at radius 2 is 1.92 bits per heavy atom. The summed E-state index contributed by atoms with van der Waals surface area (Å²) in [4.78, 5) is 10.5. The lowest BCUT2D eigenvalue weighted by Crippen LogP contribution is -2.26. The van der Waals surface area contributed by atoms with Gasteiger partial charge in [-0.2, -0.15) is 0 Å². The summed E-state index contributed by atoms with van der Waals surface area (Å²) in [6.45, 7) is 3.40. The van der Waals surface area contributed by atoms with Gasteiger partial charge in [0.05, 0.1) is 4.90 Å². The molecule has 0 amide bonds. The van der Waals surface area contributed by atoms with Gasteiger partial charge < -0.3 is 9.84 Å². The number of ether oxygens (including phenoxy) is 1. The van der Waals surface area contributed by atoms with Crippen LogP contribution < -0.4 is 9.46 Å². The molecule has 138 valence electrons. The van der Waals surface area contributed by atoms with Crippen LogP contribution in [0.5, 0.6) is 5.75 Å². The Morgan fingerprint density at radius 3 is 2.54 bits per heavy atom. The maximum Gasteiger partial charge on any atom is 0.341 e. The van der Waals surface area contributed by atoms with Crippen LogP contribution in [0.2, 0.25) is 5.02 Å². The van der Waals surface area contributed by atoms with Gasteiger partial charge >= 0.3 is 5.97 Å². The number of rotatable bonds is 9. The highest BCUT2D eigenvalue weighted by molar-refractivity contribution is 7.89. The third-order valence-corrected chi connectivity index (χ3v) is 5.23. The molecule has 0 saturated heterocycles. The fourth-order valence-corrected chi connectivity index (χ4v) is 3.72. The van der Waals surface area contributed by atoms with Crippen molar-refractivity contribution in [3.8, 4) is 5.75 Å². The van der Waals surface area contributed by atoms with E-state index in [-0.39, 0.29) is 11.4 Å². The average molecular weight is 396 g/mol. The highest BCUT2D eigenvalue weighted by atomic mass is 35.5. The molecule has 0 aliphatic heterocycles. The minimum Gasteiger partial charge on any atom is -0.482 e. The van der Waals surface area contributed by atoms with Crippen LogP contribution in [0.4, 0.5) is 0 Å². The van der Waals surface area contributed by atoms with E-state index in [0.717, 1.165) is 5.56 Å². The summed E-state index contributed by atoms with van der Waals surface area (Å²) in [5, 5.41) is 8.89. The van der Waals surface area contributed by atoms with E-state index in [9.17, 15) is 13.2 Å². The van der Waals surface area contributed by atoms with Gasteiger partial charge in [0, 0.05) is 11.6 Å². The van der Waals surface area contributed by atoms with E-state index >= 15 is 0 Å². The summed E-state index contributed by atoms with van der Waals surface area (Å²) in [6.07, 6.45) is 1.92. The van der Waals surface area contributed by atoms with Crippen molar-refractivity contribution in [1.82, 2.24) is 4.72 Å². The molecular weight excluding hydrogens is 378 g/mol. The van der Waals surface area contributed by atoms with E-state index in [2.05, 4.69) is 11.3 Å². The van der Waals surface area contributed by atoms with E-state index in [0.29, 0.717) is 22.8 Å². The van der Waals surface area contributed by atoms with E-state index in [1.54, 1.807) is 36.4 Å². The van der Waals surface area contributed by atoms with Gasteiger partial charge in [-0.05, 0) is 41.8 Å². The lowest BCUT2D eigenvalue weighted by Gasteiger charge is -2.10. The smallest absolute Gasteiger partial charge is 0.341 e. The zero-order valence-corrected chi connectivity index (χ0v) is 15.4. The van der Waals surface area contributed by atoms with Crippen molar-refractivity contribution in [3.63, 3.8) is 0 Å². The van der Waals surface area contributed by atoms with Crippen molar-refractivity contribution in [2.24, 2.45) is 0 Å². The molecule has 2 rings (SSSR count). The number of aliphatic carboxylic acids is 1. The number of carboxylic acids is 1. The number of hydrogen-bond donors (Lipinski definition) is 2. The Hall–Kier alpha value is -2.35. The molecule has 2 N–H and O–H groups in total. The predicted molar refractivity (Wildman–Crippen MR) is 100 cm³/mol. The molecule has 0 heterocycles. The number of carboxylic acid groups (broad SMARTS) is 1. The van der Waals surface area contributed by atoms with Crippen LogP contribution in [-0.2, 0) is 21.2 Å². The van der Waals surface area contributed by atoms with Gasteiger partial charge in [0.15, 0.2) is 6.61 Å². The summed E-state index contributed by atoms with van der Waals surface area (Å²) in [5.74, 6) is -0.616. The zero-order valence-electron chi connectivity index (χ0n) is 13.8. The molecule has 0 aliphatic rings. The van der Waals surface area contributed by atoms with Crippen molar-refractivity contribution in [1.29, 1.82) is 0 Å². The molecule has 0 spiro atoms. The van der Waals surface area contributed by atoms with Gasteiger partial charge in [-0.3, -0.25) is 0 Å². The molecule has 0 aromatic heterocycles. The van der Waals surface area contributed by atoms with Gasteiger partial charge in [0.2, 0.25) is 10.0 Å². The van der Waals surface area contributed by atoms with Gasteiger partial charge in [0.1, 0.15) is 5.75 Å². The first-order valence-corrected chi connectivity index (χ1v) is 9.53. The molecular formula is C18H18ClNO5S. The molecule has 0 aliphatic carbocycles. The van der Waals surface area contributed by atoms with Crippen LogP contribution in [0.15, 0.2) is 53.9 Å². The third kappa shape index (κ3) is 5.59. The first-order chi connectivity index (χ1) is 12.3. The van der Waals surface area contributed by atoms with Gasteiger partial charge in [-0.25, -0.2) is 17.9 Å². The van der Waals surface area contributed by atoms with Gasteiger partial charge in [-0.15, -0.1) is 0 Å². The number of hydrogen-bond acceptors (Lipinski definition) is 4. The molecule has 2 aromatic carbocycles. The van der Waals surface area contributed by atoms with Crippen LogP contribution in [0, 0.1) is 0 Å². The molecule has 6 nitrogen and oxygen atoms in total. The molecule has 0 radical (unpaired) electrons. The van der Waals surface area contributed by atoms with E-state index in [4.69, 9.17) is 21.4 Å². The predicted octanol–water partition coefficient (Wildman–Crippen LogP) is 2.97. The minimum absolute atomic E-state index is 0.0809. The zero-order chi connectivity index (χ0) is 19.2. The first-order valence-electron chi connectivity index (χ1n) is 7.67. The normalized spacial score (nSPS) is 11.1. The Bertz CT molecular complexity index is 894. The second-order valence-electron chi connectivity index (χ2n) is 5.36. The van der Waals surface area contributed by atoms with Crippen LogP contribution in [0.3, 0.4) is 0 Å². The summed E-state index contributed by atoms with van der Waals surface area (Å²) < 4.78 is 32.5. The quantitative estimate of drug-likeness (QED) is 0.680. The Morgan fingerprint density at radius 1 is 1.23 bits per heavy atom. The third-order valence-electron chi connectivity index (χ3n) is 3.48. The minimum atomic E-state index is -3.72. The van der Waals surface area contributed by atoms with Crippen LogP contribution in [0.1, 0.15) is 11.1 Å². The Labute approximate surface area is 157 Å². The van der Waals surface area contributed by atoms with Crippen molar-refractivity contribution in [2.45, 2.75) is 11.3 Å². The summed E-state index contributed by atoms with van der Waals surface area (Å²) >= 11 is 5.89. The lowest BCUT2D eigenvalue weighted by atomic mass is 10.1. The average Bonchev–Trinajstić information content (AvgIpc) is 2.61. The highest BCUT2D eigenvalue weighted by Gasteiger charge is 2.17. The van der Waals surface area contributed by atoms with Crippen LogP contribution in [-0.4, -0.2) is 32.6 Å². The maximum atomic E-state index is 12.5. The Balaban J connectivity index is 1.97. The molecule has 0 saturated carbocycles. The number of halogens is 1. The Kier molecular flexibility index (Phi) is 6.79. The molecule has 0 bridgehead atoms. The topological polar surface area (TPSA) is 92.7 Å². The molecule has 0 unspecified atom stereocenters. The summed E-state index contributed by atoms with van der Waals surface area (Å²) in [6, 6.07) is 11.4. The summed E-state index contributed by atoms with van der Waals surface area (Å²) in [5.41, 5.74) is 1.35. The molecule has 0 fully saturated rings. The molecule has 8 heteroatoms. The lowest BCUT2D eigenvalue weighted by molar-refractivity contribution is -0.139. The van der Waals surface area contributed by atoms with Gasteiger partial charge in [0.25, 0.3) is 0 Å². The number of nitrogens with one attached hydrogen (secondary N) is 1.